The Kier molecular flexibility index (Phi) is 6.67. The minimum absolute atomic E-state index is 0.0280. The molecule has 0 bridgehead atoms. The summed E-state index contributed by atoms with van der Waals surface area (Å²) in [4.78, 5) is 15.4. The molecule has 0 unspecified atom stereocenters. The van der Waals surface area contributed by atoms with Gasteiger partial charge < -0.3 is 15.0 Å². The number of aryl methyl sites for hydroxylation is 2. The Morgan fingerprint density at radius 3 is 2.36 bits per heavy atom. The van der Waals surface area contributed by atoms with Crippen LogP contribution in [0.4, 0.5) is 17.1 Å². The molecule has 4 rings (SSSR count). The lowest BCUT2D eigenvalue weighted by atomic mass is 10.1. The summed E-state index contributed by atoms with van der Waals surface area (Å²) in [7, 11) is -3.85. The second-order valence-corrected chi connectivity index (χ2v) is 9.70. The summed E-state index contributed by atoms with van der Waals surface area (Å²) in [5.41, 5.74) is 4.08. The van der Waals surface area contributed by atoms with Crippen LogP contribution in [0.3, 0.4) is 0 Å². The van der Waals surface area contributed by atoms with E-state index in [9.17, 15) is 13.2 Å². The molecule has 3 aromatic rings. The highest BCUT2D eigenvalue weighted by Crippen LogP contribution is 2.28. The van der Waals surface area contributed by atoms with Crippen LogP contribution in [0.2, 0.25) is 0 Å². The lowest BCUT2D eigenvalue weighted by Crippen LogP contribution is -2.36. The van der Waals surface area contributed by atoms with Crippen LogP contribution < -0.4 is 14.9 Å². The fourth-order valence-electron chi connectivity index (χ4n) is 3.70. The third kappa shape index (κ3) is 5.35. The monoisotopic (exact) mass is 465 g/mol. The SMILES string of the molecule is Cc1ccc(NS(=O)(=O)c2ccc(C)c(C(=O)Nc3ccccc3N3CCOCC3)c2)cc1. The molecule has 0 spiro atoms. The van der Waals surface area contributed by atoms with E-state index in [1.807, 2.05) is 43.3 Å². The molecule has 1 fully saturated rings. The predicted molar refractivity (Wildman–Crippen MR) is 131 cm³/mol. The summed E-state index contributed by atoms with van der Waals surface area (Å²) in [5, 5.41) is 2.96. The molecule has 1 aliphatic rings. The molecular weight excluding hydrogens is 438 g/mol. The Morgan fingerprint density at radius 2 is 1.64 bits per heavy atom. The number of ether oxygens (including phenoxy) is 1. The van der Waals surface area contributed by atoms with Crippen molar-refractivity contribution in [2.75, 3.05) is 41.2 Å². The molecule has 0 radical (unpaired) electrons. The van der Waals surface area contributed by atoms with E-state index in [2.05, 4.69) is 14.9 Å². The van der Waals surface area contributed by atoms with Crippen molar-refractivity contribution in [2.45, 2.75) is 18.7 Å². The minimum atomic E-state index is -3.85. The average Bonchev–Trinajstić information content (AvgIpc) is 2.81. The number of benzene rings is 3. The maximum Gasteiger partial charge on any atom is 0.261 e. The largest absolute Gasteiger partial charge is 0.378 e. The third-order valence-corrected chi connectivity index (χ3v) is 6.95. The Hall–Kier alpha value is -3.36. The fourth-order valence-corrected chi connectivity index (χ4v) is 4.78. The standard InChI is InChI=1S/C25H27N3O4S/c1-18-7-10-20(11-8-18)27-33(30,31)21-12-9-19(2)22(17-21)25(29)26-23-5-3-4-6-24(23)28-13-15-32-16-14-28/h3-12,17,27H,13-16H2,1-2H3,(H,26,29). The van der Waals surface area contributed by atoms with E-state index >= 15 is 0 Å². The van der Waals surface area contributed by atoms with E-state index in [0.717, 1.165) is 24.3 Å². The number of carbonyl (C=O) groups is 1. The van der Waals surface area contributed by atoms with Crippen molar-refractivity contribution in [2.24, 2.45) is 0 Å². The number of para-hydroxylation sites is 2. The summed E-state index contributed by atoms with van der Waals surface area (Å²) in [6.45, 7) is 6.46. The maximum absolute atomic E-state index is 13.2. The van der Waals surface area contributed by atoms with Crippen molar-refractivity contribution in [1.82, 2.24) is 0 Å². The summed E-state index contributed by atoms with van der Waals surface area (Å²) in [6, 6.07) is 19.2. The smallest absolute Gasteiger partial charge is 0.261 e. The van der Waals surface area contributed by atoms with Gasteiger partial charge in [0.15, 0.2) is 0 Å². The molecule has 0 aromatic heterocycles. The second kappa shape index (κ2) is 9.64. The van der Waals surface area contributed by atoms with Crippen molar-refractivity contribution in [3.05, 3.63) is 83.4 Å². The van der Waals surface area contributed by atoms with Gasteiger partial charge in [0.25, 0.3) is 15.9 Å². The minimum Gasteiger partial charge on any atom is -0.378 e. The van der Waals surface area contributed by atoms with Crippen molar-refractivity contribution in [3.63, 3.8) is 0 Å². The number of hydrogen-bond donors (Lipinski definition) is 2. The highest BCUT2D eigenvalue weighted by molar-refractivity contribution is 7.92. The van der Waals surface area contributed by atoms with Gasteiger partial charge in [-0.05, 0) is 55.8 Å². The Bertz CT molecular complexity index is 1250. The highest BCUT2D eigenvalue weighted by atomic mass is 32.2. The van der Waals surface area contributed by atoms with Gasteiger partial charge in [0, 0.05) is 24.3 Å². The Morgan fingerprint density at radius 1 is 0.939 bits per heavy atom. The Balaban J connectivity index is 1.58. The van der Waals surface area contributed by atoms with Gasteiger partial charge in [-0.1, -0.05) is 35.9 Å². The molecule has 8 heteroatoms. The number of nitrogens with zero attached hydrogens (tertiary/aromatic N) is 1. The van der Waals surface area contributed by atoms with Crippen LogP contribution in [0.15, 0.2) is 71.6 Å². The second-order valence-electron chi connectivity index (χ2n) is 8.02. The van der Waals surface area contributed by atoms with Gasteiger partial charge in [0.1, 0.15) is 0 Å². The van der Waals surface area contributed by atoms with Gasteiger partial charge in [-0.3, -0.25) is 9.52 Å². The van der Waals surface area contributed by atoms with Crippen molar-refractivity contribution >= 4 is 33.0 Å². The summed E-state index contributed by atoms with van der Waals surface area (Å²) in [5.74, 6) is -0.361. The summed E-state index contributed by atoms with van der Waals surface area (Å²) >= 11 is 0. The summed E-state index contributed by atoms with van der Waals surface area (Å²) < 4.78 is 33.9. The molecule has 0 atom stereocenters. The van der Waals surface area contributed by atoms with E-state index in [4.69, 9.17) is 4.74 Å². The van der Waals surface area contributed by atoms with Crippen LogP contribution in [-0.4, -0.2) is 40.6 Å². The number of nitrogens with one attached hydrogen (secondary N) is 2. The molecule has 1 aliphatic heterocycles. The first kappa shape index (κ1) is 22.8. The molecule has 172 valence electrons. The van der Waals surface area contributed by atoms with Crippen LogP contribution in [0.25, 0.3) is 0 Å². The number of rotatable bonds is 6. The number of sulfonamides is 1. The van der Waals surface area contributed by atoms with Crippen molar-refractivity contribution in [3.8, 4) is 0 Å². The number of hydrogen-bond acceptors (Lipinski definition) is 5. The van der Waals surface area contributed by atoms with E-state index in [1.54, 1.807) is 25.1 Å². The zero-order valence-corrected chi connectivity index (χ0v) is 19.5. The van der Waals surface area contributed by atoms with Gasteiger partial charge in [-0.15, -0.1) is 0 Å². The Labute approximate surface area is 194 Å². The molecule has 33 heavy (non-hydrogen) atoms. The van der Waals surface area contributed by atoms with E-state index in [0.29, 0.717) is 35.7 Å². The molecule has 1 heterocycles. The molecule has 0 saturated carbocycles. The fraction of sp³-hybridized carbons (Fsp3) is 0.240. The first-order valence-electron chi connectivity index (χ1n) is 10.8. The highest BCUT2D eigenvalue weighted by Gasteiger charge is 2.20. The van der Waals surface area contributed by atoms with Crippen LogP contribution >= 0.6 is 0 Å². The number of anilines is 3. The number of amides is 1. The molecule has 1 saturated heterocycles. The zero-order valence-electron chi connectivity index (χ0n) is 18.7. The lowest BCUT2D eigenvalue weighted by molar-refractivity contribution is 0.102. The normalized spacial score (nSPS) is 14.1. The van der Waals surface area contributed by atoms with Gasteiger partial charge in [-0.25, -0.2) is 8.42 Å². The third-order valence-electron chi connectivity index (χ3n) is 5.57. The molecular formula is C25H27N3O4S. The zero-order chi connectivity index (χ0) is 23.4. The molecule has 0 aliphatic carbocycles. The lowest BCUT2D eigenvalue weighted by Gasteiger charge is -2.30. The van der Waals surface area contributed by atoms with Gasteiger partial charge in [0.2, 0.25) is 0 Å². The van der Waals surface area contributed by atoms with Crippen molar-refractivity contribution in [1.29, 1.82) is 0 Å². The molecule has 2 N–H and O–H groups in total. The number of morpholine rings is 1. The topological polar surface area (TPSA) is 87.7 Å². The molecule has 1 amide bonds. The summed E-state index contributed by atoms with van der Waals surface area (Å²) in [6.07, 6.45) is 0. The van der Waals surface area contributed by atoms with Gasteiger partial charge in [-0.2, -0.15) is 0 Å². The molecule has 3 aromatic carbocycles. The van der Waals surface area contributed by atoms with Crippen LogP contribution in [0.5, 0.6) is 0 Å². The first-order chi connectivity index (χ1) is 15.8. The van der Waals surface area contributed by atoms with Crippen LogP contribution in [0.1, 0.15) is 21.5 Å². The first-order valence-corrected chi connectivity index (χ1v) is 12.2. The van der Waals surface area contributed by atoms with Crippen molar-refractivity contribution < 1.29 is 17.9 Å². The average molecular weight is 466 g/mol. The van der Waals surface area contributed by atoms with Gasteiger partial charge >= 0.3 is 0 Å². The maximum atomic E-state index is 13.2. The molecule has 7 nitrogen and oxygen atoms in total. The van der Waals surface area contributed by atoms with E-state index in [1.165, 1.54) is 12.1 Å². The van der Waals surface area contributed by atoms with E-state index in [-0.39, 0.29) is 10.8 Å². The van der Waals surface area contributed by atoms with Gasteiger partial charge in [0.05, 0.1) is 29.5 Å². The van der Waals surface area contributed by atoms with E-state index < -0.39 is 10.0 Å². The van der Waals surface area contributed by atoms with Crippen LogP contribution in [-0.2, 0) is 14.8 Å². The predicted octanol–water partition coefficient (Wildman–Crippen LogP) is 4.19. The number of carbonyl (C=O) groups excluding carboxylic acids is 1. The van der Waals surface area contributed by atoms with Crippen LogP contribution in [0, 0.1) is 13.8 Å². The quantitative estimate of drug-likeness (QED) is 0.570.